The summed E-state index contributed by atoms with van der Waals surface area (Å²) in [5, 5.41) is -0.730. The van der Waals surface area contributed by atoms with E-state index in [2.05, 4.69) is 0 Å². The highest BCUT2D eigenvalue weighted by Crippen LogP contribution is 2.65. The Kier molecular flexibility index (Phi) is 3.29. The van der Waals surface area contributed by atoms with E-state index in [0.29, 0.717) is 23.7 Å². The van der Waals surface area contributed by atoms with Crippen molar-refractivity contribution in [3.05, 3.63) is 29.1 Å². The van der Waals surface area contributed by atoms with Crippen LogP contribution in [0, 0.1) is 29.0 Å². The lowest BCUT2D eigenvalue weighted by Crippen LogP contribution is -2.30. The molecule has 0 aliphatic heterocycles. The average molecular weight is 349 g/mol. The van der Waals surface area contributed by atoms with Crippen molar-refractivity contribution in [1.29, 1.82) is 0 Å². The highest BCUT2D eigenvalue weighted by molar-refractivity contribution is 6.67. The Balaban J connectivity index is 1.41. The van der Waals surface area contributed by atoms with Crippen molar-refractivity contribution in [3.63, 3.8) is 0 Å². The van der Waals surface area contributed by atoms with Crippen molar-refractivity contribution < 1.29 is 13.9 Å². The van der Waals surface area contributed by atoms with Gasteiger partial charge in [-0.25, -0.2) is 4.39 Å². The maximum atomic E-state index is 14.2. The van der Waals surface area contributed by atoms with Crippen LogP contribution in [0.5, 0.6) is 5.75 Å². The van der Waals surface area contributed by atoms with E-state index in [1.54, 1.807) is 6.07 Å². The molecule has 4 heteroatoms. The molecule has 2 unspecified atom stereocenters. The quantitative estimate of drug-likeness (QED) is 0.676. The predicted molar refractivity (Wildman–Crippen MR) is 90.0 cm³/mol. The van der Waals surface area contributed by atoms with Gasteiger partial charge in [-0.1, -0.05) is 0 Å². The van der Waals surface area contributed by atoms with E-state index in [1.807, 2.05) is 0 Å². The lowest BCUT2D eigenvalue weighted by molar-refractivity contribution is 0.104. The number of halogens is 2. The molecule has 0 heterocycles. The molecule has 0 spiro atoms. The minimum Gasteiger partial charge on any atom is -0.493 e. The van der Waals surface area contributed by atoms with Crippen LogP contribution in [0.25, 0.3) is 0 Å². The van der Waals surface area contributed by atoms with Crippen LogP contribution in [0.4, 0.5) is 4.39 Å². The zero-order valence-corrected chi connectivity index (χ0v) is 14.4. The lowest BCUT2D eigenvalue weighted by Gasteiger charge is -2.33. The van der Waals surface area contributed by atoms with Gasteiger partial charge in [-0.3, -0.25) is 4.79 Å². The number of rotatable bonds is 5. The number of carbonyl (C=O) groups is 1. The van der Waals surface area contributed by atoms with Crippen molar-refractivity contribution in [1.82, 2.24) is 0 Å². The van der Waals surface area contributed by atoms with E-state index in [9.17, 15) is 9.18 Å². The summed E-state index contributed by atoms with van der Waals surface area (Å²) in [6.45, 7) is 0.706. The fraction of sp³-hybridized carbons (Fsp3) is 0.650. The highest BCUT2D eigenvalue weighted by atomic mass is 35.5. The molecule has 5 aliphatic rings. The molecular formula is C20H22ClFO2. The first-order valence-electron chi connectivity index (χ1n) is 9.20. The van der Waals surface area contributed by atoms with Gasteiger partial charge < -0.3 is 4.74 Å². The van der Waals surface area contributed by atoms with Crippen molar-refractivity contribution in [2.75, 3.05) is 6.61 Å². The van der Waals surface area contributed by atoms with E-state index >= 15 is 0 Å². The number of carbonyl (C=O) groups excluding carboxylic acids is 1. The second-order valence-electron chi connectivity index (χ2n) is 8.61. The molecule has 0 amide bonds. The normalized spacial score (nSPS) is 36.3. The molecular weight excluding hydrogens is 327 g/mol. The Morgan fingerprint density at radius 1 is 1.21 bits per heavy atom. The van der Waals surface area contributed by atoms with E-state index < -0.39 is 11.1 Å². The first kappa shape index (κ1) is 15.2. The monoisotopic (exact) mass is 348 g/mol. The predicted octanol–water partition coefficient (Wildman–Crippen LogP) is 5.29. The third-order valence-electron chi connectivity index (χ3n) is 7.00. The highest BCUT2D eigenvalue weighted by Gasteiger charge is 2.58. The molecule has 5 aliphatic carbocycles. The number of benzene rings is 1. The van der Waals surface area contributed by atoms with Gasteiger partial charge in [0, 0.05) is 11.5 Å². The summed E-state index contributed by atoms with van der Waals surface area (Å²) >= 11 is 5.51. The smallest absolute Gasteiger partial charge is 0.255 e. The Labute approximate surface area is 146 Å². The summed E-state index contributed by atoms with van der Waals surface area (Å²) in [7, 11) is 0. The summed E-state index contributed by atoms with van der Waals surface area (Å²) < 4.78 is 20.4. The zero-order valence-electron chi connectivity index (χ0n) is 13.7. The van der Waals surface area contributed by atoms with Crippen LogP contribution >= 0.6 is 11.6 Å². The van der Waals surface area contributed by atoms with Gasteiger partial charge in [0.2, 0.25) is 0 Å². The van der Waals surface area contributed by atoms with Crippen LogP contribution in [0.2, 0.25) is 0 Å². The summed E-state index contributed by atoms with van der Waals surface area (Å²) in [5.41, 5.74) is 1.27. The van der Waals surface area contributed by atoms with Gasteiger partial charge in [0.25, 0.3) is 5.24 Å². The van der Waals surface area contributed by atoms with Crippen LogP contribution in [0.3, 0.4) is 0 Å². The first-order valence-corrected chi connectivity index (χ1v) is 9.58. The van der Waals surface area contributed by atoms with Gasteiger partial charge in [-0.05, 0) is 91.8 Å². The molecule has 5 fully saturated rings. The summed E-state index contributed by atoms with van der Waals surface area (Å²) in [5.74, 6) is 3.05. The molecule has 0 radical (unpaired) electrons. The standard InChI is InChI=1S/C20H22ClFO2/c21-19(23)16-6-15(13-1-2-13)18(7-17(16)22)24-10-20-8-11-3-12(9-20)5-14(20)4-11/h6-7,11-14H,1-5,8-10H2. The molecule has 2 atom stereocenters. The second-order valence-corrected chi connectivity index (χ2v) is 8.96. The summed E-state index contributed by atoms with van der Waals surface area (Å²) in [4.78, 5) is 11.4. The molecule has 0 saturated heterocycles. The van der Waals surface area contributed by atoms with Gasteiger partial charge in [0.1, 0.15) is 11.6 Å². The second kappa shape index (κ2) is 5.20. The zero-order chi connectivity index (χ0) is 16.5. The van der Waals surface area contributed by atoms with Gasteiger partial charge >= 0.3 is 0 Å². The molecule has 0 aromatic heterocycles. The average Bonchev–Trinajstić information content (AvgIpc) is 3.29. The van der Waals surface area contributed by atoms with Crippen molar-refractivity contribution in [3.8, 4) is 5.75 Å². The van der Waals surface area contributed by atoms with Crippen LogP contribution in [-0.4, -0.2) is 11.8 Å². The third kappa shape index (κ3) is 2.31. The van der Waals surface area contributed by atoms with Crippen LogP contribution < -0.4 is 4.74 Å². The molecule has 5 saturated carbocycles. The first-order chi connectivity index (χ1) is 11.5. The Morgan fingerprint density at radius 3 is 2.54 bits per heavy atom. The molecule has 0 N–H and O–H groups in total. The van der Waals surface area contributed by atoms with Gasteiger partial charge in [-0.2, -0.15) is 0 Å². The third-order valence-corrected chi connectivity index (χ3v) is 7.21. The Morgan fingerprint density at radius 2 is 1.92 bits per heavy atom. The minimum atomic E-state index is -0.730. The lowest BCUT2D eigenvalue weighted by atomic mass is 9.76. The largest absolute Gasteiger partial charge is 0.493 e. The van der Waals surface area contributed by atoms with Crippen LogP contribution in [0.15, 0.2) is 12.1 Å². The maximum Gasteiger partial charge on any atom is 0.255 e. The minimum absolute atomic E-state index is 0.0232. The number of hydrogen-bond donors (Lipinski definition) is 0. The Hall–Kier alpha value is -1.09. The van der Waals surface area contributed by atoms with Crippen molar-refractivity contribution >= 4 is 16.8 Å². The van der Waals surface area contributed by atoms with E-state index in [0.717, 1.165) is 36.2 Å². The summed E-state index contributed by atoms with van der Waals surface area (Å²) in [6.07, 6.45) is 8.87. The molecule has 1 aromatic rings. The van der Waals surface area contributed by atoms with E-state index in [1.165, 1.54) is 38.2 Å². The molecule has 6 rings (SSSR count). The van der Waals surface area contributed by atoms with Gasteiger partial charge in [0.15, 0.2) is 0 Å². The molecule has 128 valence electrons. The SMILES string of the molecule is O=C(Cl)c1cc(C2CC2)c(OCC23CC4CC(CC2C4)C3)cc1F. The maximum absolute atomic E-state index is 14.2. The van der Waals surface area contributed by atoms with Gasteiger partial charge in [-0.15, -0.1) is 0 Å². The number of ether oxygens (including phenoxy) is 1. The van der Waals surface area contributed by atoms with Crippen LogP contribution in [-0.2, 0) is 0 Å². The fourth-order valence-corrected chi connectivity index (χ4v) is 6.13. The molecule has 24 heavy (non-hydrogen) atoms. The topological polar surface area (TPSA) is 26.3 Å². The number of hydrogen-bond acceptors (Lipinski definition) is 2. The fourth-order valence-electron chi connectivity index (χ4n) is 5.98. The van der Waals surface area contributed by atoms with Crippen molar-refractivity contribution in [2.45, 2.75) is 50.9 Å². The van der Waals surface area contributed by atoms with Crippen molar-refractivity contribution in [2.24, 2.45) is 23.2 Å². The molecule has 1 aromatic carbocycles. The van der Waals surface area contributed by atoms with Gasteiger partial charge in [0.05, 0.1) is 12.2 Å². The van der Waals surface area contributed by atoms with E-state index in [-0.39, 0.29) is 5.56 Å². The molecule has 4 bridgehead atoms. The van der Waals surface area contributed by atoms with E-state index in [4.69, 9.17) is 16.3 Å². The molecule has 2 nitrogen and oxygen atoms in total. The summed E-state index contributed by atoms with van der Waals surface area (Å²) in [6, 6.07) is 3.01. The van der Waals surface area contributed by atoms with Crippen LogP contribution in [0.1, 0.15) is 66.8 Å². The Bertz CT molecular complexity index is 698.